The number of piperazine rings is 1. The number of rotatable bonds is 5. The lowest BCUT2D eigenvalue weighted by molar-refractivity contribution is -0.192. The van der Waals surface area contributed by atoms with Gasteiger partial charge in [-0.3, -0.25) is 13.9 Å². The molecule has 3 heterocycles. The van der Waals surface area contributed by atoms with Crippen molar-refractivity contribution in [1.29, 1.82) is 5.26 Å². The Morgan fingerprint density at radius 3 is 2.34 bits per heavy atom. The Kier molecular flexibility index (Phi) is 9.39. The maximum Gasteiger partial charge on any atom is 0.490 e. The van der Waals surface area contributed by atoms with Gasteiger partial charge in [0.1, 0.15) is 0 Å². The van der Waals surface area contributed by atoms with E-state index in [9.17, 15) is 18.0 Å². The number of hydrogen-bond donors (Lipinski definition) is 2. The second-order valence-electron chi connectivity index (χ2n) is 7.94. The van der Waals surface area contributed by atoms with Crippen LogP contribution in [0.4, 0.5) is 19.1 Å². The molecular formula is C24H24F3N7O3S. The Bertz CT molecular complexity index is 1460. The van der Waals surface area contributed by atoms with Crippen molar-refractivity contribution in [3.8, 4) is 17.9 Å². The summed E-state index contributed by atoms with van der Waals surface area (Å²) in [4.78, 5) is 34.2. The first-order valence-corrected chi connectivity index (χ1v) is 12.5. The van der Waals surface area contributed by atoms with Gasteiger partial charge in [0.15, 0.2) is 16.3 Å². The molecule has 4 rings (SSSR count). The van der Waals surface area contributed by atoms with E-state index in [4.69, 9.17) is 25.1 Å². The van der Waals surface area contributed by atoms with Gasteiger partial charge in [-0.15, -0.1) is 5.92 Å². The number of aromatic nitrogens is 4. The number of nitrogens with one attached hydrogen (secondary N) is 1. The number of carbonyl (C=O) groups is 1. The summed E-state index contributed by atoms with van der Waals surface area (Å²) in [6, 6.07) is 9.37. The van der Waals surface area contributed by atoms with Crippen LogP contribution in [-0.2, 0) is 17.9 Å². The zero-order valence-corrected chi connectivity index (χ0v) is 21.4. The second kappa shape index (κ2) is 12.5. The average molecular weight is 548 g/mol. The molecule has 1 saturated heterocycles. The van der Waals surface area contributed by atoms with Gasteiger partial charge < -0.3 is 15.3 Å². The quantitative estimate of drug-likeness (QED) is 0.281. The van der Waals surface area contributed by atoms with Crippen molar-refractivity contribution in [3.63, 3.8) is 0 Å². The van der Waals surface area contributed by atoms with E-state index < -0.39 is 12.1 Å². The number of anilines is 1. The fourth-order valence-electron chi connectivity index (χ4n) is 3.66. The summed E-state index contributed by atoms with van der Waals surface area (Å²) in [5.41, 5.74) is 2.32. The molecule has 1 aromatic carbocycles. The average Bonchev–Trinajstić information content (AvgIpc) is 3.28. The number of hydrogen-bond acceptors (Lipinski definition) is 8. The van der Waals surface area contributed by atoms with Gasteiger partial charge in [-0.1, -0.05) is 29.8 Å². The zero-order chi connectivity index (χ0) is 27.9. The van der Waals surface area contributed by atoms with E-state index in [0.29, 0.717) is 35.0 Å². The Morgan fingerprint density at radius 2 is 1.82 bits per heavy atom. The lowest BCUT2D eigenvalue weighted by Crippen LogP contribution is -2.44. The lowest BCUT2D eigenvalue weighted by atomic mass is 10.1. The highest BCUT2D eigenvalue weighted by Crippen LogP contribution is 2.23. The van der Waals surface area contributed by atoms with Crippen molar-refractivity contribution in [2.45, 2.75) is 31.3 Å². The second-order valence-corrected chi connectivity index (χ2v) is 8.71. The van der Waals surface area contributed by atoms with Gasteiger partial charge in [0, 0.05) is 26.2 Å². The largest absolute Gasteiger partial charge is 0.490 e. The van der Waals surface area contributed by atoms with E-state index in [-0.39, 0.29) is 5.56 Å². The number of carboxylic acid groups (broad SMARTS) is 1. The molecule has 0 atom stereocenters. The molecule has 0 unspecified atom stereocenters. The van der Waals surface area contributed by atoms with Crippen LogP contribution in [-0.4, -0.2) is 68.8 Å². The third-order valence-electron chi connectivity index (χ3n) is 5.47. The number of carboxylic acids is 1. The summed E-state index contributed by atoms with van der Waals surface area (Å²) in [6.07, 6.45) is -3.18. The molecule has 14 heteroatoms. The number of nitriles is 1. The smallest absolute Gasteiger partial charge is 0.475 e. The highest BCUT2D eigenvalue weighted by Gasteiger charge is 2.38. The number of aliphatic carboxylic acids is 1. The number of halogens is 3. The first-order chi connectivity index (χ1) is 18.1. The van der Waals surface area contributed by atoms with E-state index in [2.05, 4.69) is 28.1 Å². The fourth-order valence-corrected chi connectivity index (χ4v) is 4.21. The lowest BCUT2D eigenvalue weighted by Gasteiger charge is -2.28. The van der Waals surface area contributed by atoms with Gasteiger partial charge in [-0.25, -0.2) is 9.78 Å². The van der Waals surface area contributed by atoms with Crippen LogP contribution in [0.15, 0.2) is 34.2 Å². The summed E-state index contributed by atoms with van der Waals surface area (Å²) in [5.74, 6) is 3.98. The normalized spacial score (nSPS) is 13.2. The van der Waals surface area contributed by atoms with Gasteiger partial charge in [0.05, 0.1) is 24.7 Å². The Balaban J connectivity index is 0.000000505. The van der Waals surface area contributed by atoms with E-state index in [0.717, 1.165) is 37.7 Å². The standard InChI is InChI=1S/C22H23N7OS.C2HF3O2/c1-3-4-11-28-18-19(25-21(28)27-12-9-24-10-13-27)26-22(31-2)29(20(18)30)15-17-7-5-16(14-23)6-8-17;3-2(4,5)1(6)7/h5-8,24H,9-13,15H2,1-2H3;(H,6,7). The van der Waals surface area contributed by atoms with Gasteiger partial charge in [0.2, 0.25) is 5.95 Å². The third kappa shape index (κ3) is 6.65. The van der Waals surface area contributed by atoms with Crippen molar-refractivity contribution in [3.05, 3.63) is 45.7 Å². The first kappa shape index (κ1) is 28.6. The molecule has 0 aliphatic carbocycles. The van der Waals surface area contributed by atoms with Crippen LogP contribution in [0.5, 0.6) is 0 Å². The predicted octanol–water partition coefficient (Wildman–Crippen LogP) is 2.30. The van der Waals surface area contributed by atoms with Crippen LogP contribution < -0.4 is 15.8 Å². The minimum atomic E-state index is -5.08. The van der Waals surface area contributed by atoms with Crippen LogP contribution in [0.25, 0.3) is 11.2 Å². The van der Waals surface area contributed by atoms with Gasteiger partial charge in [-0.2, -0.15) is 23.4 Å². The Labute approximate surface area is 220 Å². The summed E-state index contributed by atoms with van der Waals surface area (Å²) >= 11 is 1.42. The van der Waals surface area contributed by atoms with E-state index in [1.807, 2.05) is 23.0 Å². The van der Waals surface area contributed by atoms with Crippen molar-refractivity contribution >= 4 is 34.8 Å². The molecule has 10 nitrogen and oxygen atoms in total. The number of alkyl halides is 3. The molecule has 1 fully saturated rings. The molecule has 3 aromatic rings. The summed E-state index contributed by atoms with van der Waals surface area (Å²) in [7, 11) is 0. The number of fused-ring (bicyclic) bond motifs is 1. The highest BCUT2D eigenvalue weighted by atomic mass is 32.2. The minimum absolute atomic E-state index is 0.134. The van der Waals surface area contributed by atoms with Gasteiger partial charge in [-0.05, 0) is 30.9 Å². The molecule has 1 aliphatic heterocycles. The van der Waals surface area contributed by atoms with E-state index in [1.54, 1.807) is 23.6 Å². The molecule has 0 spiro atoms. The van der Waals surface area contributed by atoms with Crippen LogP contribution in [0.2, 0.25) is 0 Å². The molecule has 2 N–H and O–H groups in total. The predicted molar refractivity (Wildman–Crippen MR) is 136 cm³/mol. The molecule has 1 aliphatic rings. The van der Waals surface area contributed by atoms with E-state index >= 15 is 0 Å². The van der Waals surface area contributed by atoms with Crippen molar-refractivity contribution < 1.29 is 23.1 Å². The summed E-state index contributed by atoms with van der Waals surface area (Å²) in [6.45, 7) is 5.92. The Hall–Kier alpha value is -4.01. The molecule has 2 aromatic heterocycles. The Morgan fingerprint density at radius 1 is 1.18 bits per heavy atom. The monoisotopic (exact) mass is 547 g/mol. The third-order valence-corrected chi connectivity index (χ3v) is 6.15. The molecule has 0 saturated carbocycles. The molecule has 200 valence electrons. The number of thioether (sulfide) groups is 1. The molecule has 0 radical (unpaired) electrons. The number of imidazole rings is 1. The van der Waals surface area contributed by atoms with Crippen LogP contribution in [0.3, 0.4) is 0 Å². The minimum Gasteiger partial charge on any atom is -0.475 e. The molecule has 0 amide bonds. The zero-order valence-electron chi connectivity index (χ0n) is 20.5. The molecular weight excluding hydrogens is 523 g/mol. The van der Waals surface area contributed by atoms with Crippen LogP contribution >= 0.6 is 11.8 Å². The summed E-state index contributed by atoms with van der Waals surface area (Å²) in [5, 5.41) is 20.1. The SMILES string of the molecule is CC#CCn1c(N2CCNCC2)nc2nc(SC)n(Cc3ccc(C#N)cc3)c(=O)c21.O=C(O)C(F)(F)F. The topological polar surface area (TPSA) is 129 Å². The molecule has 38 heavy (non-hydrogen) atoms. The summed E-state index contributed by atoms with van der Waals surface area (Å²) < 4.78 is 35.3. The van der Waals surface area contributed by atoms with E-state index in [1.165, 1.54) is 11.8 Å². The first-order valence-electron chi connectivity index (χ1n) is 11.3. The highest BCUT2D eigenvalue weighted by molar-refractivity contribution is 7.98. The fraction of sp³-hybridized carbons (Fsp3) is 0.375. The maximum absolute atomic E-state index is 13.6. The van der Waals surface area contributed by atoms with Crippen molar-refractivity contribution in [2.24, 2.45) is 0 Å². The van der Waals surface area contributed by atoms with Crippen molar-refractivity contribution in [2.75, 3.05) is 37.3 Å². The molecule has 0 bridgehead atoms. The van der Waals surface area contributed by atoms with Crippen molar-refractivity contribution in [1.82, 2.24) is 24.4 Å². The van der Waals surface area contributed by atoms with Gasteiger partial charge in [0.25, 0.3) is 5.56 Å². The number of benzene rings is 1. The van der Waals surface area contributed by atoms with Crippen LogP contribution in [0, 0.1) is 23.2 Å². The maximum atomic E-state index is 13.6. The van der Waals surface area contributed by atoms with Gasteiger partial charge >= 0.3 is 12.1 Å². The number of nitrogens with zero attached hydrogens (tertiary/aromatic N) is 6. The van der Waals surface area contributed by atoms with Crippen LogP contribution in [0.1, 0.15) is 18.1 Å².